The van der Waals surface area contributed by atoms with Crippen LogP contribution in [-0.4, -0.2) is 55.0 Å². The van der Waals surface area contributed by atoms with Crippen molar-refractivity contribution in [2.75, 3.05) is 11.9 Å². The number of halogens is 7. The minimum atomic E-state index is -4.79. The first-order chi connectivity index (χ1) is 13.8. The smallest absolute Gasteiger partial charge is 0.359 e. The quantitative estimate of drug-likeness (QED) is 0.264. The second-order valence-electron chi connectivity index (χ2n) is 6.19. The molecule has 2 aromatic heterocycles. The normalized spacial score (nSPS) is 20.6. The van der Waals surface area contributed by atoms with Gasteiger partial charge in [-0.1, -0.05) is 27.7 Å². The van der Waals surface area contributed by atoms with Gasteiger partial charge < -0.3 is 14.7 Å². The predicted octanol–water partition coefficient (Wildman–Crippen LogP) is 3.46. The number of alkyl halides is 7. The summed E-state index contributed by atoms with van der Waals surface area (Å²) in [5.74, 6) is -0.663. The monoisotopic (exact) mass is 551 g/mol. The summed E-state index contributed by atoms with van der Waals surface area (Å²) in [7, 11) is 0. The maximum atomic E-state index is 12.6. The summed E-state index contributed by atoms with van der Waals surface area (Å²) in [5.41, 5.74) is -1.24. The lowest BCUT2D eigenvalue weighted by atomic mass is 10.1. The molecule has 30 heavy (non-hydrogen) atoms. The third-order valence-corrected chi connectivity index (χ3v) is 5.48. The number of ether oxygens (including phenoxy) is 1. The van der Waals surface area contributed by atoms with E-state index >= 15 is 0 Å². The number of hydrogen-bond donors (Lipinski definition) is 1. The molecule has 15 heteroatoms. The van der Waals surface area contributed by atoms with Gasteiger partial charge >= 0.3 is 12.5 Å². The predicted molar refractivity (Wildman–Crippen MR) is 96.1 cm³/mol. The van der Waals surface area contributed by atoms with Crippen LogP contribution in [-0.2, 0) is 15.7 Å². The van der Waals surface area contributed by atoms with E-state index in [1.165, 1.54) is 17.9 Å². The number of carbonyl (C=O) groups excluding carboxylic acids is 1. The van der Waals surface area contributed by atoms with Gasteiger partial charge in [0.25, 0.3) is 0 Å². The van der Waals surface area contributed by atoms with Crippen molar-refractivity contribution < 1.29 is 40.4 Å². The van der Waals surface area contributed by atoms with Crippen LogP contribution < -0.4 is 5.32 Å². The Morgan fingerprint density at radius 2 is 2.00 bits per heavy atom. The van der Waals surface area contributed by atoms with Crippen LogP contribution in [0.25, 0.3) is 11.5 Å². The summed E-state index contributed by atoms with van der Waals surface area (Å²) in [6, 6.07) is 1.03. The van der Waals surface area contributed by atoms with E-state index in [0.29, 0.717) is 6.07 Å². The van der Waals surface area contributed by atoms with Crippen molar-refractivity contribution in [1.29, 1.82) is 0 Å². The average Bonchev–Trinajstić information content (AvgIpc) is 3.14. The lowest BCUT2D eigenvalue weighted by Crippen LogP contribution is -2.63. The molecule has 0 radical (unpaired) electrons. The van der Waals surface area contributed by atoms with E-state index in [1.807, 2.05) is 0 Å². The molecule has 2 aromatic rings. The van der Waals surface area contributed by atoms with Crippen molar-refractivity contribution in [1.82, 2.24) is 20.0 Å². The molecular formula is C15H12F6IN5O3. The number of rotatable bonds is 5. The number of amides is 1. The lowest BCUT2D eigenvalue weighted by Gasteiger charge is -2.45. The summed E-state index contributed by atoms with van der Waals surface area (Å²) in [5, 5.41) is 5.66. The van der Waals surface area contributed by atoms with Gasteiger partial charge in [0.2, 0.25) is 5.91 Å². The van der Waals surface area contributed by atoms with E-state index in [0.717, 1.165) is 6.33 Å². The minimum Gasteiger partial charge on any atom is -0.359 e. The Balaban J connectivity index is 1.64. The molecule has 0 spiro atoms. The highest BCUT2D eigenvalue weighted by Gasteiger charge is 2.48. The highest BCUT2D eigenvalue weighted by Crippen LogP contribution is 2.33. The van der Waals surface area contributed by atoms with Crippen LogP contribution in [0.1, 0.15) is 12.6 Å². The number of anilines is 1. The maximum absolute atomic E-state index is 12.6. The molecule has 1 fully saturated rings. The highest BCUT2D eigenvalue weighted by molar-refractivity contribution is 14.1. The summed E-state index contributed by atoms with van der Waals surface area (Å²) in [4.78, 5) is 21.3. The second-order valence-corrected chi connectivity index (χ2v) is 7.47. The van der Waals surface area contributed by atoms with Gasteiger partial charge in [0.05, 0.1) is 6.54 Å². The number of carbonyl (C=O) groups is 1. The topological polar surface area (TPSA) is 93.4 Å². The molecule has 0 aliphatic carbocycles. The maximum Gasteiger partial charge on any atom is 0.522 e. The zero-order chi connectivity index (χ0) is 22.3. The van der Waals surface area contributed by atoms with E-state index in [9.17, 15) is 31.1 Å². The van der Waals surface area contributed by atoms with Crippen LogP contribution in [0.4, 0.5) is 32.2 Å². The highest BCUT2D eigenvalue weighted by atomic mass is 127. The van der Waals surface area contributed by atoms with E-state index in [4.69, 9.17) is 0 Å². The van der Waals surface area contributed by atoms with Gasteiger partial charge in [0.15, 0.2) is 11.5 Å². The van der Waals surface area contributed by atoms with E-state index in [-0.39, 0.29) is 23.8 Å². The molecule has 1 amide bonds. The largest absolute Gasteiger partial charge is 0.522 e. The number of aromatic nitrogens is 3. The fourth-order valence-electron chi connectivity index (χ4n) is 2.55. The molecule has 0 saturated carbocycles. The Labute approximate surface area is 178 Å². The summed E-state index contributed by atoms with van der Waals surface area (Å²) in [6.07, 6.45) is -9.60. The molecule has 3 heterocycles. The molecular weight excluding hydrogens is 539 g/mol. The third-order valence-electron chi connectivity index (χ3n) is 4.00. The molecule has 1 aliphatic heterocycles. The summed E-state index contributed by atoms with van der Waals surface area (Å²) < 4.78 is 82.5. The Morgan fingerprint density at radius 1 is 1.30 bits per heavy atom. The van der Waals surface area contributed by atoms with Gasteiger partial charge in [-0.3, -0.25) is 9.53 Å². The van der Waals surface area contributed by atoms with Crippen molar-refractivity contribution in [3.8, 4) is 11.5 Å². The fourth-order valence-corrected chi connectivity index (χ4v) is 3.43. The first-order valence-corrected chi connectivity index (χ1v) is 9.41. The number of nitrogens with one attached hydrogen (secondary N) is 1. The van der Waals surface area contributed by atoms with Crippen molar-refractivity contribution in [3.05, 3.63) is 24.2 Å². The number of likely N-dealkylation sites (tertiary alicyclic amines) is 1. The number of nitrogens with zero attached hydrogens (tertiary/aromatic N) is 4. The van der Waals surface area contributed by atoms with E-state index in [1.54, 1.807) is 22.6 Å². The Hall–Kier alpha value is -2.17. The SMILES string of the molecule is C[C@@H](Nc1cc(-c2cc(C(F)(F)F)no2)ncn1)C(=O)N1C[C@H](OC(F)(F)F)[C@@H]1I. The van der Waals surface area contributed by atoms with Crippen LogP contribution in [0.15, 0.2) is 23.0 Å². The van der Waals surface area contributed by atoms with Crippen molar-refractivity contribution in [2.45, 2.75) is 35.7 Å². The van der Waals surface area contributed by atoms with Crippen LogP contribution in [0.5, 0.6) is 0 Å². The Bertz CT molecular complexity index is 921. The van der Waals surface area contributed by atoms with Gasteiger partial charge in [-0.05, 0) is 6.92 Å². The number of hydrogen-bond acceptors (Lipinski definition) is 7. The third kappa shape index (κ3) is 5.11. The Morgan fingerprint density at radius 3 is 2.57 bits per heavy atom. The molecule has 0 aromatic carbocycles. The van der Waals surface area contributed by atoms with Gasteiger partial charge in [0.1, 0.15) is 34.0 Å². The Kier molecular flexibility index (Phi) is 6.13. The van der Waals surface area contributed by atoms with E-state index in [2.05, 4.69) is 29.7 Å². The van der Waals surface area contributed by atoms with Gasteiger partial charge in [-0.15, -0.1) is 13.2 Å². The van der Waals surface area contributed by atoms with Gasteiger partial charge in [0, 0.05) is 12.1 Å². The molecule has 1 aliphatic rings. The molecule has 1 saturated heterocycles. The van der Waals surface area contributed by atoms with Crippen molar-refractivity contribution in [3.63, 3.8) is 0 Å². The van der Waals surface area contributed by atoms with Crippen LogP contribution in [0, 0.1) is 0 Å². The van der Waals surface area contributed by atoms with Gasteiger partial charge in [-0.2, -0.15) is 13.2 Å². The molecule has 8 nitrogen and oxygen atoms in total. The standard InChI is InChI=1S/C15H12F6IN5O3/c1-6(13(28)27-4-9(12(27)22)29-15(19,20)21)25-11-2-7(23-5-24-11)8-3-10(26-30-8)14(16,17)18/h2-3,5-6,9,12H,4H2,1H3,(H,23,24,25)/t6-,9+,12-/m1/s1. The molecule has 1 N–H and O–H groups in total. The van der Waals surface area contributed by atoms with Crippen molar-refractivity contribution >= 4 is 34.3 Å². The molecule has 0 bridgehead atoms. The summed E-state index contributed by atoms with van der Waals surface area (Å²) >= 11 is 1.67. The van der Waals surface area contributed by atoms with E-state index < -0.39 is 40.3 Å². The molecule has 0 unspecified atom stereocenters. The van der Waals surface area contributed by atoms with Crippen LogP contribution in [0.2, 0.25) is 0 Å². The first-order valence-electron chi connectivity index (χ1n) is 8.17. The minimum absolute atomic E-state index is 0.00971. The fraction of sp³-hybridized carbons (Fsp3) is 0.467. The zero-order valence-electron chi connectivity index (χ0n) is 14.8. The first kappa shape index (κ1) is 22.5. The van der Waals surface area contributed by atoms with Crippen LogP contribution >= 0.6 is 22.6 Å². The zero-order valence-corrected chi connectivity index (χ0v) is 17.0. The molecule has 3 rings (SSSR count). The lowest BCUT2D eigenvalue weighted by molar-refractivity contribution is -0.354. The van der Waals surface area contributed by atoms with Crippen molar-refractivity contribution in [2.24, 2.45) is 0 Å². The molecule has 3 atom stereocenters. The average molecular weight is 551 g/mol. The summed E-state index contributed by atoms with van der Waals surface area (Å²) in [6.45, 7) is 1.23. The van der Waals surface area contributed by atoms with Gasteiger partial charge in [-0.25, -0.2) is 9.97 Å². The van der Waals surface area contributed by atoms with Crippen LogP contribution in [0.3, 0.4) is 0 Å². The second kappa shape index (κ2) is 8.16. The molecule has 164 valence electrons.